The highest BCUT2D eigenvalue weighted by Gasteiger charge is 2.11. The summed E-state index contributed by atoms with van der Waals surface area (Å²) in [5, 5.41) is 3.93. The van der Waals surface area contributed by atoms with E-state index in [0.29, 0.717) is 23.7 Å². The Kier molecular flexibility index (Phi) is 5.65. The smallest absolute Gasteiger partial charge is 0.340 e. The summed E-state index contributed by atoms with van der Waals surface area (Å²) in [5.41, 5.74) is 2.33. The molecule has 0 bridgehead atoms. The van der Waals surface area contributed by atoms with E-state index in [4.69, 9.17) is 16.3 Å². The zero-order valence-corrected chi connectivity index (χ0v) is 13.9. The van der Waals surface area contributed by atoms with Crippen LogP contribution in [0.2, 0.25) is 5.02 Å². The van der Waals surface area contributed by atoms with Crippen molar-refractivity contribution in [1.29, 1.82) is 0 Å². The van der Waals surface area contributed by atoms with E-state index in [1.165, 1.54) is 0 Å². The molecule has 0 aromatic heterocycles. The fourth-order valence-electron chi connectivity index (χ4n) is 1.88. The Morgan fingerprint density at radius 1 is 1.29 bits per heavy atom. The third-order valence-electron chi connectivity index (χ3n) is 2.91. The number of halogens is 2. The summed E-state index contributed by atoms with van der Waals surface area (Å²) in [6.45, 7) is 2.73. The van der Waals surface area contributed by atoms with E-state index >= 15 is 0 Å². The third kappa shape index (κ3) is 4.22. The number of anilines is 1. The highest BCUT2D eigenvalue weighted by Crippen LogP contribution is 2.23. The summed E-state index contributed by atoms with van der Waals surface area (Å²) >= 11 is 9.40. The molecule has 0 heterocycles. The molecule has 2 aromatic rings. The summed E-state index contributed by atoms with van der Waals surface area (Å²) in [6.07, 6.45) is 0. The quantitative estimate of drug-likeness (QED) is 0.764. The predicted molar refractivity (Wildman–Crippen MR) is 88.9 cm³/mol. The van der Waals surface area contributed by atoms with Gasteiger partial charge in [-0.05, 0) is 36.8 Å². The Labute approximate surface area is 137 Å². The van der Waals surface area contributed by atoms with Gasteiger partial charge in [0.25, 0.3) is 0 Å². The molecule has 0 fully saturated rings. The molecule has 0 atom stereocenters. The second-order valence-corrected chi connectivity index (χ2v) is 5.65. The number of benzene rings is 2. The average molecular weight is 369 g/mol. The molecular formula is C16H15BrClNO2. The van der Waals surface area contributed by atoms with Crippen LogP contribution in [0.15, 0.2) is 46.9 Å². The van der Waals surface area contributed by atoms with Crippen LogP contribution in [-0.2, 0) is 11.3 Å². The third-order valence-corrected chi connectivity index (χ3v) is 3.88. The molecule has 0 radical (unpaired) electrons. The molecular weight excluding hydrogens is 354 g/mol. The Balaban J connectivity index is 2.14. The van der Waals surface area contributed by atoms with E-state index in [2.05, 4.69) is 21.2 Å². The van der Waals surface area contributed by atoms with Crippen LogP contribution >= 0.6 is 27.5 Å². The molecule has 0 saturated heterocycles. The first-order valence-corrected chi connectivity index (χ1v) is 7.73. The molecule has 0 saturated carbocycles. The van der Waals surface area contributed by atoms with Gasteiger partial charge in [-0.3, -0.25) is 0 Å². The lowest BCUT2D eigenvalue weighted by atomic mass is 10.1. The van der Waals surface area contributed by atoms with Crippen LogP contribution in [0.3, 0.4) is 0 Å². The van der Waals surface area contributed by atoms with Crippen molar-refractivity contribution in [2.75, 3.05) is 11.9 Å². The monoisotopic (exact) mass is 367 g/mol. The first-order valence-electron chi connectivity index (χ1n) is 6.55. The lowest BCUT2D eigenvalue weighted by Crippen LogP contribution is -2.09. The lowest BCUT2D eigenvalue weighted by molar-refractivity contribution is 0.0527. The van der Waals surface area contributed by atoms with E-state index in [-0.39, 0.29) is 5.97 Å². The number of rotatable bonds is 5. The molecule has 2 aromatic carbocycles. The molecule has 3 nitrogen and oxygen atoms in total. The first-order chi connectivity index (χ1) is 10.1. The summed E-state index contributed by atoms with van der Waals surface area (Å²) in [6, 6.07) is 12.9. The number of hydrogen-bond acceptors (Lipinski definition) is 3. The predicted octanol–water partition coefficient (Wildman–Crippen LogP) is 4.89. The van der Waals surface area contributed by atoms with E-state index in [0.717, 1.165) is 15.7 Å². The Bertz CT molecular complexity index is 646. The van der Waals surface area contributed by atoms with Gasteiger partial charge >= 0.3 is 5.97 Å². The standard InChI is InChI=1S/C16H15BrClNO2/c1-2-21-16(20)13-5-3-4-6-15(13)19-10-11-7-8-12(18)9-14(11)17/h3-9,19H,2,10H2,1H3. The second-order valence-electron chi connectivity index (χ2n) is 4.36. The van der Waals surface area contributed by atoms with Crippen LogP contribution in [0.1, 0.15) is 22.8 Å². The highest BCUT2D eigenvalue weighted by molar-refractivity contribution is 9.10. The topological polar surface area (TPSA) is 38.3 Å². The van der Waals surface area contributed by atoms with Gasteiger partial charge in [-0.25, -0.2) is 4.79 Å². The molecule has 0 spiro atoms. The van der Waals surface area contributed by atoms with Crippen LogP contribution in [-0.4, -0.2) is 12.6 Å². The Morgan fingerprint density at radius 2 is 2.05 bits per heavy atom. The van der Waals surface area contributed by atoms with Crippen molar-refractivity contribution < 1.29 is 9.53 Å². The Hall–Kier alpha value is -1.52. The maximum Gasteiger partial charge on any atom is 0.340 e. The van der Waals surface area contributed by atoms with Gasteiger partial charge in [0.1, 0.15) is 0 Å². The maximum atomic E-state index is 11.9. The number of hydrogen-bond donors (Lipinski definition) is 1. The fraction of sp³-hybridized carbons (Fsp3) is 0.188. The lowest BCUT2D eigenvalue weighted by Gasteiger charge is -2.12. The molecule has 0 unspecified atom stereocenters. The van der Waals surface area contributed by atoms with Crippen molar-refractivity contribution >= 4 is 39.2 Å². The number of esters is 1. The van der Waals surface area contributed by atoms with Gasteiger partial charge in [-0.1, -0.05) is 45.7 Å². The van der Waals surface area contributed by atoms with E-state index < -0.39 is 0 Å². The first kappa shape index (κ1) is 15.9. The summed E-state index contributed by atoms with van der Waals surface area (Å²) in [7, 11) is 0. The van der Waals surface area contributed by atoms with Crippen LogP contribution in [0.25, 0.3) is 0 Å². The summed E-state index contributed by atoms with van der Waals surface area (Å²) < 4.78 is 5.98. The Morgan fingerprint density at radius 3 is 2.76 bits per heavy atom. The zero-order chi connectivity index (χ0) is 15.2. The average Bonchev–Trinajstić information content (AvgIpc) is 2.47. The van der Waals surface area contributed by atoms with Crippen molar-refractivity contribution in [3.63, 3.8) is 0 Å². The SMILES string of the molecule is CCOC(=O)c1ccccc1NCc1ccc(Cl)cc1Br. The molecule has 110 valence electrons. The van der Waals surface area contributed by atoms with Crippen molar-refractivity contribution in [3.05, 3.63) is 63.1 Å². The fourth-order valence-corrected chi connectivity index (χ4v) is 2.70. The second kappa shape index (κ2) is 7.48. The minimum Gasteiger partial charge on any atom is -0.462 e. The van der Waals surface area contributed by atoms with E-state index in [1.807, 2.05) is 36.4 Å². The molecule has 2 rings (SSSR count). The molecule has 0 aliphatic heterocycles. The number of nitrogens with one attached hydrogen (secondary N) is 1. The zero-order valence-electron chi connectivity index (χ0n) is 11.5. The van der Waals surface area contributed by atoms with E-state index in [1.54, 1.807) is 13.0 Å². The van der Waals surface area contributed by atoms with Crippen LogP contribution in [0, 0.1) is 0 Å². The van der Waals surface area contributed by atoms with Gasteiger partial charge in [0.2, 0.25) is 0 Å². The van der Waals surface area contributed by atoms with Gasteiger partial charge in [0.15, 0.2) is 0 Å². The van der Waals surface area contributed by atoms with Gasteiger partial charge in [0, 0.05) is 21.7 Å². The molecule has 0 aliphatic carbocycles. The normalized spacial score (nSPS) is 10.2. The largest absolute Gasteiger partial charge is 0.462 e. The number of para-hydroxylation sites is 1. The van der Waals surface area contributed by atoms with Gasteiger partial charge in [0.05, 0.1) is 12.2 Å². The van der Waals surface area contributed by atoms with Crippen molar-refractivity contribution in [1.82, 2.24) is 0 Å². The van der Waals surface area contributed by atoms with Crippen molar-refractivity contribution in [2.45, 2.75) is 13.5 Å². The summed E-state index contributed by atoms with van der Waals surface area (Å²) in [5.74, 6) is -0.323. The molecule has 5 heteroatoms. The summed E-state index contributed by atoms with van der Waals surface area (Å²) in [4.78, 5) is 11.9. The van der Waals surface area contributed by atoms with Crippen LogP contribution in [0.4, 0.5) is 5.69 Å². The van der Waals surface area contributed by atoms with Crippen LogP contribution < -0.4 is 5.32 Å². The molecule has 0 amide bonds. The van der Waals surface area contributed by atoms with Gasteiger partial charge in [-0.2, -0.15) is 0 Å². The number of carbonyl (C=O) groups excluding carboxylic acids is 1. The van der Waals surface area contributed by atoms with Gasteiger partial charge in [-0.15, -0.1) is 0 Å². The number of ether oxygens (including phenoxy) is 1. The number of carbonyl (C=O) groups is 1. The van der Waals surface area contributed by atoms with Crippen molar-refractivity contribution in [2.24, 2.45) is 0 Å². The maximum absolute atomic E-state index is 11.9. The van der Waals surface area contributed by atoms with Crippen molar-refractivity contribution in [3.8, 4) is 0 Å². The minimum absolute atomic E-state index is 0.323. The van der Waals surface area contributed by atoms with E-state index in [9.17, 15) is 4.79 Å². The molecule has 0 aliphatic rings. The molecule has 1 N–H and O–H groups in total. The highest BCUT2D eigenvalue weighted by atomic mass is 79.9. The minimum atomic E-state index is -0.323. The van der Waals surface area contributed by atoms with Crippen LogP contribution in [0.5, 0.6) is 0 Å². The molecule has 21 heavy (non-hydrogen) atoms. The van der Waals surface area contributed by atoms with Gasteiger partial charge < -0.3 is 10.1 Å².